The van der Waals surface area contributed by atoms with Crippen LogP contribution in [-0.2, 0) is 0 Å². The summed E-state index contributed by atoms with van der Waals surface area (Å²) in [6.07, 6.45) is 4.56. The normalized spacial score (nSPS) is 18.8. The van der Waals surface area contributed by atoms with Crippen LogP contribution in [0.2, 0.25) is 0 Å². The Bertz CT molecular complexity index is 2860. The summed E-state index contributed by atoms with van der Waals surface area (Å²) in [6, 6.07) is 62.4. The summed E-state index contributed by atoms with van der Waals surface area (Å²) in [5, 5.41) is 10.4. The second-order valence-corrected chi connectivity index (χ2v) is 17.8. The van der Waals surface area contributed by atoms with E-state index < -0.39 is 8.40 Å². The molecule has 2 atom stereocenters. The van der Waals surface area contributed by atoms with Gasteiger partial charge in [-0.05, 0) is 67.9 Å². The molecule has 249 valence electrons. The SMILES string of the molecule is C1=CC2N=C(N3c4cccc5cccc(c45)N(c4ccccc4)[Si-]34c3cccc5ccc6cccc4c6c35)N=C(c3ccccc3)C2c2ccccc21. The molecule has 1 spiro atoms. The molecule has 53 heavy (non-hydrogen) atoms. The van der Waals surface area contributed by atoms with Gasteiger partial charge in [-0.1, -0.05) is 158 Å². The second kappa shape index (κ2) is 10.7. The average molecular weight is 693 g/mol. The van der Waals surface area contributed by atoms with E-state index in [0.717, 1.165) is 22.9 Å². The molecule has 4 aliphatic rings. The van der Waals surface area contributed by atoms with Crippen molar-refractivity contribution < 1.29 is 0 Å². The zero-order valence-corrected chi connectivity index (χ0v) is 29.8. The summed E-state index contributed by atoms with van der Waals surface area (Å²) in [7, 11) is -3.29. The van der Waals surface area contributed by atoms with E-state index in [2.05, 4.69) is 191 Å². The van der Waals surface area contributed by atoms with Gasteiger partial charge in [-0.25, -0.2) is 9.98 Å². The number of hydrogen-bond donors (Lipinski definition) is 0. The van der Waals surface area contributed by atoms with Gasteiger partial charge >= 0.3 is 0 Å². The summed E-state index contributed by atoms with van der Waals surface area (Å²) in [5.41, 5.74) is 8.25. The van der Waals surface area contributed by atoms with E-state index >= 15 is 0 Å². The van der Waals surface area contributed by atoms with Crippen molar-refractivity contribution in [2.24, 2.45) is 9.98 Å². The number of anilines is 3. The predicted octanol–water partition coefficient (Wildman–Crippen LogP) is 9.71. The number of guanidine groups is 1. The molecule has 2 unspecified atom stereocenters. The molecular weight excluding hydrogens is 661 g/mol. The number of fused-ring (bicyclic) bond motifs is 5. The van der Waals surface area contributed by atoms with Gasteiger partial charge in [-0.2, -0.15) is 0 Å². The Balaban J connectivity index is 1.25. The second-order valence-electron chi connectivity index (χ2n) is 14.5. The zero-order valence-electron chi connectivity index (χ0n) is 28.8. The maximum atomic E-state index is 5.82. The largest absolute Gasteiger partial charge is 0.470 e. The van der Waals surface area contributed by atoms with Crippen LogP contribution < -0.4 is 19.5 Å². The predicted molar refractivity (Wildman–Crippen MR) is 224 cm³/mol. The van der Waals surface area contributed by atoms with Crippen LogP contribution in [0.15, 0.2) is 186 Å². The van der Waals surface area contributed by atoms with Crippen LogP contribution in [0.1, 0.15) is 22.6 Å². The molecule has 4 nitrogen and oxygen atoms in total. The molecule has 0 saturated heterocycles. The third-order valence-electron chi connectivity index (χ3n) is 11.8. The lowest BCUT2D eigenvalue weighted by Crippen LogP contribution is -2.80. The third-order valence-corrected chi connectivity index (χ3v) is 16.4. The first-order valence-electron chi connectivity index (χ1n) is 18.4. The van der Waals surface area contributed by atoms with Crippen molar-refractivity contribution in [3.05, 3.63) is 193 Å². The van der Waals surface area contributed by atoms with E-state index in [4.69, 9.17) is 9.98 Å². The van der Waals surface area contributed by atoms with Crippen molar-refractivity contribution in [2.75, 3.05) is 9.13 Å². The van der Waals surface area contributed by atoms with Crippen LogP contribution in [0.25, 0.3) is 38.4 Å². The van der Waals surface area contributed by atoms with Crippen molar-refractivity contribution in [1.82, 2.24) is 0 Å². The fraction of sp³-hybridized carbons (Fsp3) is 0.0417. The van der Waals surface area contributed by atoms with E-state index in [1.165, 1.54) is 65.2 Å². The Labute approximate surface area is 308 Å². The molecule has 3 aliphatic heterocycles. The Hall–Kier alpha value is -6.56. The summed E-state index contributed by atoms with van der Waals surface area (Å²) in [6.45, 7) is 0. The van der Waals surface area contributed by atoms with Crippen LogP contribution in [0.4, 0.5) is 17.1 Å². The first-order valence-corrected chi connectivity index (χ1v) is 20.3. The number of para-hydroxylation sites is 1. The molecule has 5 heteroatoms. The zero-order chi connectivity index (χ0) is 34.7. The molecule has 0 fully saturated rings. The molecule has 3 heterocycles. The summed E-state index contributed by atoms with van der Waals surface area (Å²) in [5.74, 6) is 0.774. The highest BCUT2D eigenvalue weighted by atomic mass is 28.3. The van der Waals surface area contributed by atoms with E-state index in [0.29, 0.717) is 0 Å². The Morgan fingerprint density at radius 3 is 1.77 bits per heavy atom. The van der Waals surface area contributed by atoms with Crippen molar-refractivity contribution in [2.45, 2.75) is 12.0 Å². The number of hydrogen-bond acceptors (Lipinski definition) is 4. The van der Waals surface area contributed by atoms with E-state index in [9.17, 15) is 0 Å². The molecular formula is C48H32N4Si-. The van der Waals surface area contributed by atoms with Crippen molar-refractivity contribution >= 4 is 85.9 Å². The maximum Gasteiger partial charge on any atom is 0.190 e. The lowest BCUT2D eigenvalue weighted by Gasteiger charge is -2.64. The minimum atomic E-state index is -3.29. The smallest absolute Gasteiger partial charge is 0.190 e. The lowest BCUT2D eigenvalue weighted by molar-refractivity contribution is 0.732. The fourth-order valence-electron chi connectivity index (χ4n) is 9.81. The van der Waals surface area contributed by atoms with E-state index in [-0.39, 0.29) is 12.0 Å². The van der Waals surface area contributed by atoms with Crippen LogP contribution in [-0.4, -0.2) is 26.1 Å². The van der Waals surface area contributed by atoms with Gasteiger partial charge in [0.2, 0.25) is 0 Å². The van der Waals surface area contributed by atoms with Crippen LogP contribution >= 0.6 is 0 Å². The Morgan fingerprint density at radius 2 is 1.08 bits per heavy atom. The minimum absolute atomic E-state index is 0.00528. The number of benzene rings is 8. The quantitative estimate of drug-likeness (QED) is 0.134. The standard InChI is InChI=1S/C48H32N4Si/c1-3-14-35(15-4-1)47-46-37-22-8-7-13-31(37)29-30-38(46)49-48(50-47)52-40-24-10-17-32-16-9-23-39(43(32)40)51(36-20-5-2-6-21-36)53(52)41-25-11-18-33-27-28-34-19-12-26-42(53)45(34)44(33)41/h1-30,38,46H/q-1. The van der Waals surface area contributed by atoms with E-state index in [1.54, 1.807) is 0 Å². The molecule has 0 aromatic heterocycles. The molecule has 0 N–H and O–H groups in total. The van der Waals surface area contributed by atoms with Gasteiger partial charge in [0.25, 0.3) is 0 Å². The summed E-state index contributed by atoms with van der Waals surface area (Å²) in [4.78, 5) is 11.6. The maximum absolute atomic E-state index is 5.82. The summed E-state index contributed by atoms with van der Waals surface area (Å²) < 4.78 is 5.34. The van der Waals surface area contributed by atoms with Gasteiger partial charge in [-0.15, -0.1) is 10.4 Å². The highest BCUT2D eigenvalue weighted by Crippen LogP contribution is 2.51. The molecule has 1 aliphatic carbocycles. The van der Waals surface area contributed by atoms with Crippen LogP contribution in [0.5, 0.6) is 0 Å². The van der Waals surface area contributed by atoms with Crippen molar-refractivity contribution in [1.29, 1.82) is 0 Å². The van der Waals surface area contributed by atoms with E-state index in [1.807, 2.05) is 0 Å². The number of rotatable bonds is 2. The van der Waals surface area contributed by atoms with Gasteiger partial charge in [0.1, 0.15) is 8.40 Å². The highest BCUT2D eigenvalue weighted by molar-refractivity contribution is 7.14. The Morgan fingerprint density at radius 1 is 0.491 bits per heavy atom. The summed E-state index contributed by atoms with van der Waals surface area (Å²) >= 11 is 0. The van der Waals surface area contributed by atoms with Gasteiger partial charge in [0.15, 0.2) is 5.96 Å². The third kappa shape index (κ3) is 3.79. The fourth-order valence-corrected chi connectivity index (χ4v) is 15.1. The first-order chi connectivity index (χ1) is 26.3. The first kappa shape index (κ1) is 29.1. The van der Waals surface area contributed by atoms with Crippen molar-refractivity contribution in [3.63, 3.8) is 0 Å². The number of nitrogens with zero attached hydrogens (tertiary/aromatic N) is 4. The molecule has 8 aromatic carbocycles. The Kier molecular flexibility index (Phi) is 5.88. The molecule has 0 radical (unpaired) electrons. The highest BCUT2D eigenvalue weighted by Gasteiger charge is 2.50. The minimum Gasteiger partial charge on any atom is -0.470 e. The molecule has 8 aromatic rings. The van der Waals surface area contributed by atoms with Gasteiger partial charge in [0, 0.05) is 22.4 Å². The van der Waals surface area contributed by atoms with Gasteiger partial charge < -0.3 is 9.13 Å². The molecule has 12 rings (SSSR count). The van der Waals surface area contributed by atoms with Crippen LogP contribution in [0.3, 0.4) is 0 Å². The number of aliphatic imine (C=N–C) groups is 2. The average Bonchev–Trinajstić information content (AvgIpc) is 3.51. The van der Waals surface area contributed by atoms with Crippen molar-refractivity contribution in [3.8, 4) is 0 Å². The van der Waals surface area contributed by atoms with Gasteiger partial charge in [0.05, 0.1) is 17.7 Å². The van der Waals surface area contributed by atoms with Crippen LogP contribution in [0, 0.1) is 0 Å². The molecule has 0 bridgehead atoms. The van der Waals surface area contributed by atoms with Gasteiger partial charge in [-0.3, -0.25) is 0 Å². The lowest BCUT2D eigenvalue weighted by atomic mass is 9.78. The molecule has 0 saturated carbocycles. The topological polar surface area (TPSA) is 31.2 Å². The monoisotopic (exact) mass is 692 g/mol. The molecule has 0 amide bonds.